The second kappa shape index (κ2) is 3.90. The van der Waals surface area contributed by atoms with Crippen molar-refractivity contribution in [3.05, 3.63) is 0 Å². The van der Waals surface area contributed by atoms with Gasteiger partial charge in [0, 0.05) is 22.6 Å². The SMILES string of the molecule is CCOC(O)CS(C)(=N)=O. The van der Waals surface area contributed by atoms with Crippen LogP contribution in [0.2, 0.25) is 0 Å². The molecule has 0 saturated heterocycles. The van der Waals surface area contributed by atoms with Crippen LogP contribution >= 0.6 is 0 Å². The van der Waals surface area contributed by atoms with E-state index in [0.717, 1.165) is 0 Å². The quantitative estimate of drug-likeness (QED) is 0.580. The molecule has 0 aromatic heterocycles. The van der Waals surface area contributed by atoms with E-state index >= 15 is 0 Å². The van der Waals surface area contributed by atoms with Crippen LogP contribution < -0.4 is 0 Å². The number of hydrogen-bond acceptors (Lipinski definition) is 4. The van der Waals surface area contributed by atoms with Crippen molar-refractivity contribution in [1.29, 1.82) is 4.78 Å². The molecule has 0 heterocycles. The first-order valence-corrected chi connectivity index (χ1v) is 5.10. The van der Waals surface area contributed by atoms with Gasteiger partial charge in [0.2, 0.25) is 0 Å². The van der Waals surface area contributed by atoms with Gasteiger partial charge in [0.15, 0.2) is 6.29 Å². The van der Waals surface area contributed by atoms with Crippen LogP contribution in [-0.4, -0.2) is 34.2 Å². The minimum atomic E-state index is -2.62. The van der Waals surface area contributed by atoms with Crippen molar-refractivity contribution >= 4 is 9.73 Å². The fourth-order valence-corrected chi connectivity index (χ4v) is 1.15. The minimum absolute atomic E-state index is 0.110. The third-order valence-corrected chi connectivity index (χ3v) is 1.74. The predicted molar refractivity (Wildman–Crippen MR) is 39.3 cm³/mol. The molecule has 5 heteroatoms. The van der Waals surface area contributed by atoms with Crippen LogP contribution in [0.3, 0.4) is 0 Å². The van der Waals surface area contributed by atoms with Crippen LogP contribution in [0, 0.1) is 4.78 Å². The van der Waals surface area contributed by atoms with Crippen molar-refractivity contribution in [2.45, 2.75) is 13.2 Å². The number of ether oxygens (including phenoxy) is 1. The van der Waals surface area contributed by atoms with Gasteiger partial charge in [-0.05, 0) is 6.92 Å². The molecule has 0 fully saturated rings. The zero-order valence-electron chi connectivity index (χ0n) is 6.16. The third-order valence-electron chi connectivity index (χ3n) is 0.820. The summed E-state index contributed by atoms with van der Waals surface area (Å²) in [6.45, 7) is 2.10. The first-order valence-electron chi connectivity index (χ1n) is 2.97. The molecule has 0 amide bonds. The molecule has 0 radical (unpaired) electrons. The lowest BCUT2D eigenvalue weighted by molar-refractivity contribution is -0.0771. The van der Waals surface area contributed by atoms with Crippen LogP contribution in [0.15, 0.2) is 0 Å². The van der Waals surface area contributed by atoms with Gasteiger partial charge < -0.3 is 9.84 Å². The van der Waals surface area contributed by atoms with E-state index in [1.54, 1.807) is 6.92 Å². The summed E-state index contributed by atoms with van der Waals surface area (Å²) in [6.07, 6.45) is 0.218. The summed E-state index contributed by atoms with van der Waals surface area (Å²) in [5, 5.41) is 8.86. The molecule has 0 bridgehead atoms. The molecule has 0 aliphatic carbocycles. The average Bonchev–Trinajstić information content (AvgIpc) is 1.59. The maximum Gasteiger partial charge on any atom is 0.166 e. The molecule has 0 saturated carbocycles. The van der Waals surface area contributed by atoms with E-state index in [9.17, 15) is 4.21 Å². The van der Waals surface area contributed by atoms with Gasteiger partial charge in [0.1, 0.15) is 0 Å². The number of aliphatic hydroxyl groups excluding tert-OH is 1. The highest BCUT2D eigenvalue weighted by Gasteiger charge is 2.07. The fourth-order valence-electron chi connectivity index (χ4n) is 0.513. The molecule has 0 aromatic rings. The number of rotatable bonds is 4. The van der Waals surface area contributed by atoms with E-state index in [1.165, 1.54) is 6.26 Å². The van der Waals surface area contributed by atoms with Gasteiger partial charge in [0.25, 0.3) is 0 Å². The second-order valence-electron chi connectivity index (χ2n) is 2.08. The zero-order valence-corrected chi connectivity index (χ0v) is 6.98. The maximum absolute atomic E-state index is 10.7. The van der Waals surface area contributed by atoms with Crippen LogP contribution in [0.25, 0.3) is 0 Å². The topological polar surface area (TPSA) is 70.4 Å². The smallest absolute Gasteiger partial charge is 0.166 e. The number of aliphatic hydroxyl groups is 1. The number of hydrogen-bond donors (Lipinski definition) is 2. The van der Waals surface area contributed by atoms with E-state index in [-0.39, 0.29) is 5.75 Å². The summed E-state index contributed by atoms with van der Waals surface area (Å²) in [7, 11) is -2.62. The molecule has 0 aliphatic rings. The molecule has 62 valence electrons. The Morgan fingerprint density at radius 3 is 2.60 bits per heavy atom. The summed E-state index contributed by atoms with van der Waals surface area (Å²) in [5.41, 5.74) is 0. The van der Waals surface area contributed by atoms with Gasteiger partial charge in [-0.3, -0.25) is 8.99 Å². The molecule has 10 heavy (non-hydrogen) atoms. The maximum atomic E-state index is 10.7. The molecule has 4 nitrogen and oxygen atoms in total. The predicted octanol–water partition coefficient (Wildman–Crippen LogP) is 0.0179. The van der Waals surface area contributed by atoms with Crippen LogP contribution in [-0.2, 0) is 14.5 Å². The van der Waals surface area contributed by atoms with Gasteiger partial charge in [-0.2, -0.15) is 0 Å². The Morgan fingerprint density at radius 2 is 2.30 bits per heavy atom. The van der Waals surface area contributed by atoms with Crippen molar-refractivity contribution in [2.75, 3.05) is 18.6 Å². The Hall–Kier alpha value is -0.130. The Kier molecular flexibility index (Phi) is 3.85. The molecule has 0 aromatic carbocycles. The molecule has 0 aliphatic heterocycles. The molecule has 2 atom stereocenters. The Labute approximate surface area is 61.2 Å². The largest absolute Gasteiger partial charge is 0.367 e. The van der Waals surface area contributed by atoms with Crippen LogP contribution in [0.5, 0.6) is 0 Å². The summed E-state index contributed by atoms with van der Waals surface area (Å²) in [6, 6.07) is 0. The van der Waals surface area contributed by atoms with Crippen molar-refractivity contribution in [1.82, 2.24) is 0 Å². The fraction of sp³-hybridized carbons (Fsp3) is 1.00. The summed E-state index contributed by atoms with van der Waals surface area (Å²) >= 11 is 0. The van der Waals surface area contributed by atoms with Gasteiger partial charge in [0.05, 0.1) is 5.75 Å². The lowest BCUT2D eigenvalue weighted by Crippen LogP contribution is -2.21. The van der Waals surface area contributed by atoms with Gasteiger partial charge in [-0.25, -0.2) is 0 Å². The molecule has 2 N–H and O–H groups in total. The Balaban J connectivity index is 3.69. The van der Waals surface area contributed by atoms with Gasteiger partial charge >= 0.3 is 0 Å². The van der Waals surface area contributed by atoms with Crippen molar-refractivity contribution < 1.29 is 14.1 Å². The lowest BCUT2D eigenvalue weighted by Gasteiger charge is -2.09. The highest BCUT2D eigenvalue weighted by molar-refractivity contribution is 7.91. The third kappa shape index (κ3) is 6.00. The van der Waals surface area contributed by atoms with E-state index in [4.69, 9.17) is 9.89 Å². The van der Waals surface area contributed by atoms with Crippen LogP contribution in [0.4, 0.5) is 0 Å². The van der Waals surface area contributed by atoms with E-state index in [1.807, 2.05) is 0 Å². The van der Waals surface area contributed by atoms with E-state index < -0.39 is 16.0 Å². The average molecular weight is 167 g/mol. The summed E-state index contributed by atoms with van der Waals surface area (Å²) < 4.78 is 22.3. The summed E-state index contributed by atoms with van der Waals surface area (Å²) in [5.74, 6) is -0.110. The van der Waals surface area contributed by atoms with Crippen molar-refractivity contribution in [3.8, 4) is 0 Å². The highest BCUT2D eigenvalue weighted by atomic mass is 32.2. The molecule has 0 spiro atoms. The van der Waals surface area contributed by atoms with Gasteiger partial charge in [-0.15, -0.1) is 0 Å². The van der Waals surface area contributed by atoms with Crippen molar-refractivity contribution in [3.63, 3.8) is 0 Å². The Morgan fingerprint density at radius 1 is 1.80 bits per heavy atom. The normalized spacial score (nSPS) is 19.9. The van der Waals surface area contributed by atoms with Crippen LogP contribution in [0.1, 0.15) is 6.92 Å². The lowest BCUT2D eigenvalue weighted by atomic mass is 10.7. The Bertz CT molecular complexity index is 175. The zero-order chi connectivity index (χ0) is 8.20. The summed E-state index contributed by atoms with van der Waals surface area (Å²) in [4.78, 5) is 0. The monoisotopic (exact) mass is 167 g/mol. The highest BCUT2D eigenvalue weighted by Crippen LogP contribution is 1.92. The first kappa shape index (κ1) is 9.87. The van der Waals surface area contributed by atoms with E-state index in [2.05, 4.69) is 4.74 Å². The van der Waals surface area contributed by atoms with Crippen molar-refractivity contribution in [2.24, 2.45) is 0 Å². The molecule has 2 unspecified atom stereocenters. The second-order valence-corrected chi connectivity index (χ2v) is 4.42. The van der Waals surface area contributed by atoms with Gasteiger partial charge in [-0.1, -0.05) is 0 Å². The van der Waals surface area contributed by atoms with E-state index in [0.29, 0.717) is 6.61 Å². The first-order chi connectivity index (χ1) is 4.45. The molecular formula is C5H13NO3S. The number of nitrogens with one attached hydrogen (secondary N) is 1. The molecule has 0 rings (SSSR count). The standard InChI is InChI=1S/C5H13NO3S/c1-3-9-5(7)4-10(2,6)8/h5-7H,3-4H2,1-2H3. The minimum Gasteiger partial charge on any atom is -0.367 e. The molecular weight excluding hydrogens is 154 g/mol.